The molecule has 0 aromatic heterocycles. The predicted octanol–water partition coefficient (Wildman–Crippen LogP) is 27.8. The molecule has 2 aliphatic rings. The van der Waals surface area contributed by atoms with Crippen molar-refractivity contribution < 1.29 is 0 Å². The molecule has 0 N–H and O–H groups in total. The quantitative estimate of drug-likeness (QED) is 0.133. The Bertz CT molecular complexity index is 4900. The molecule has 0 saturated heterocycles. The molecule has 12 aromatic rings. The Labute approximate surface area is 643 Å². The second kappa shape index (κ2) is 26.6. The lowest BCUT2D eigenvalue weighted by atomic mass is 9.33. The molecule has 14 rings (SSSR count). The van der Waals surface area contributed by atoms with E-state index in [9.17, 15) is 0 Å². The Hall–Kier alpha value is -9.70. The zero-order valence-electron chi connectivity index (χ0n) is 68.6. The van der Waals surface area contributed by atoms with Gasteiger partial charge in [0, 0.05) is 45.0 Å². The first-order valence-corrected chi connectivity index (χ1v) is 39.2. The van der Waals surface area contributed by atoms with Gasteiger partial charge >= 0.3 is 0 Å². The van der Waals surface area contributed by atoms with Crippen LogP contribution in [0.15, 0.2) is 249 Å². The van der Waals surface area contributed by atoms with Gasteiger partial charge in [-0.3, -0.25) is 0 Å². The van der Waals surface area contributed by atoms with Crippen molar-refractivity contribution in [3.63, 3.8) is 0 Å². The van der Waals surface area contributed by atoms with Crippen molar-refractivity contribution in [2.24, 2.45) is 0 Å². The van der Waals surface area contributed by atoms with Gasteiger partial charge in [-0.1, -0.05) is 366 Å². The van der Waals surface area contributed by atoms with E-state index in [0.29, 0.717) is 0 Å². The summed E-state index contributed by atoms with van der Waals surface area (Å²) < 4.78 is 0. The minimum Gasteiger partial charge on any atom is -0.310 e. The standard InChI is InChI=1S/C104H113BN2/c1-97(2,3)75-47-48-82(87(65-75)104(22,23)24)74-57-92-94-93(58-74)107(96-85(68-41-33-27-34-42-68)63-81(103(19,20)21)64-86(96)69-43-35-28-36-44-69)91-56-71(73-53-78(100(10,11)12)60-79(54-73)101(13,14)15)46-50-89(91)105(94)88-49-45-70(72-51-76(98(4,5)6)59-77(52-72)99(7,8)9)55-90(88)106(92)95-83(66-37-29-25-30-38-66)61-80(102(16,17)18)62-84(95)67-39-31-26-32-40-67/h25-65H,1-24H3. The largest absolute Gasteiger partial charge is 0.310 e. The molecule has 0 unspecified atom stereocenters. The highest BCUT2D eigenvalue weighted by atomic mass is 15.2. The molecule has 0 saturated carbocycles. The Balaban J connectivity index is 1.25. The lowest BCUT2D eigenvalue weighted by Gasteiger charge is -2.46. The number of hydrogen-bond acceptors (Lipinski definition) is 2. The summed E-state index contributed by atoms with van der Waals surface area (Å²) in [4.78, 5) is 5.55. The van der Waals surface area contributed by atoms with E-state index in [4.69, 9.17) is 0 Å². The second-order valence-electron chi connectivity index (χ2n) is 39.2. The molecule has 2 nitrogen and oxygen atoms in total. The maximum Gasteiger partial charge on any atom is 0.252 e. The summed E-state index contributed by atoms with van der Waals surface area (Å²) >= 11 is 0. The Morgan fingerprint density at radius 3 is 0.757 bits per heavy atom. The maximum absolute atomic E-state index is 2.77. The van der Waals surface area contributed by atoms with E-state index in [2.05, 4.69) is 425 Å². The van der Waals surface area contributed by atoms with Crippen molar-refractivity contribution in [2.75, 3.05) is 9.80 Å². The molecule has 3 heteroatoms. The van der Waals surface area contributed by atoms with Crippen LogP contribution in [-0.2, 0) is 43.3 Å². The highest BCUT2D eigenvalue weighted by molar-refractivity contribution is 7.00. The van der Waals surface area contributed by atoms with Crippen molar-refractivity contribution in [1.29, 1.82) is 0 Å². The van der Waals surface area contributed by atoms with E-state index in [0.717, 1.165) is 22.7 Å². The van der Waals surface area contributed by atoms with E-state index < -0.39 is 0 Å². The fraction of sp³-hybridized carbons (Fsp3) is 0.308. The second-order valence-corrected chi connectivity index (χ2v) is 39.2. The van der Waals surface area contributed by atoms with Crippen LogP contribution in [0.25, 0.3) is 77.9 Å². The van der Waals surface area contributed by atoms with Gasteiger partial charge in [0.05, 0.1) is 11.4 Å². The molecule has 2 heterocycles. The number of rotatable bonds is 9. The van der Waals surface area contributed by atoms with E-state index in [-0.39, 0.29) is 50.0 Å². The van der Waals surface area contributed by atoms with Crippen LogP contribution in [-0.4, -0.2) is 6.71 Å². The van der Waals surface area contributed by atoms with Crippen LogP contribution >= 0.6 is 0 Å². The van der Waals surface area contributed by atoms with Crippen LogP contribution in [0.4, 0.5) is 34.1 Å². The molecule has 0 radical (unpaired) electrons. The summed E-state index contributed by atoms with van der Waals surface area (Å²) in [6.45, 7) is 56.7. The third-order valence-electron chi connectivity index (χ3n) is 22.8. The predicted molar refractivity (Wildman–Crippen MR) is 468 cm³/mol. The van der Waals surface area contributed by atoms with Gasteiger partial charge in [0.25, 0.3) is 6.71 Å². The van der Waals surface area contributed by atoms with Crippen molar-refractivity contribution in [1.82, 2.24) is 0 Å². The topological polar surface area (TPSA) is 6.48 Å². The van der Waals surface area contributed by atoms with Crippen LogP contribution in [0.5, 0.6) is 0 Å². The van der Waals surface area contributed by atoms with Crippen LogP contribution in [0.1, 0.15) is 211 Å². The van der Waals surface area contributed by atoms with Crippen molar-refractivity contribution >= 4 is 57.2 Å². The minimum atomic E-state index is -0.247. The van der Waals surface area contributed by atoms with Crippen molar-refractivity contribution in [2.45, 2.75) is 209 Å². The molecule has 542 valence electrons. The van der Waals surface area contributed by atoms with Crippen LogP contribution in [0.2, 0.25) is 0 Å². The Morgan fingerprint density at radius 2 is 0.477 bits per heavy atom. The smallest absolute Gasteiger partial charge is 0.252 e. The monoisotopic (exact) mass is 1400 g/mol. The number of anilines is 6. The van der Waals surface area contributed by atoms with E-state index in [1.165, 1.54) is 150 Å². The lowest BCUT2D eigenvalue weighted by molar-refractivity contribution is 0.568. The number of fused-ring (bicyclic) bond motifs is 4. The van der Waals surface area contributed by atoms with Crippen molar-refractivity contribution in [3.05, 3.63) is 293 Å². The fourth-order valence-electron chi connectivity index (χ4n) is 16.2. The van der Waals surface area contributed by atoms with Gasteiger partial charge in [-0.05, 0) is 208 Å². The summed E-state index contributed by atoms with van der Waals surface area (Å²) in [5.74, 6) is 0. The van der Waals surface area contributed by atoms with E-state index in [1.54, 1.807) is 0 Å². The minimum absolute atomic E-state index is 0.0914. The highest BCUT2D eigenvalue weighted by Crippen LogP contribution is 2.57. The lowest BCUT2D eigenvalue weighted by Crippen LogP contribution is -2.61. The molecule has 2 aliphatic heterocycles. The first-order valence-electron chi connectivity index (χ1n) is 39.2. The van der Waals surface area contributed by atoms with E-state index >= 15 is 0 Å². The zero-order chi connectivity index (χ0) is 76.6. The summed E-state index contributed by atoms with van der Waals surface area (Å²) in [6, 6.07) is 98.1. The summed E-state index contributed by atoms with van der Waals surface area (Å²) in [7, 11) is 0. The third-order valence-corrected chi connectivity index (χ3v) is 22.8. The number of benzene rings is 12. The Morgan fingerprint density at radius 1 is 0.196 bits per heavy atom. The molecule has 0 bridgehead atoms. The SMILES string of the molecule is CC(C)(C)c1cc(-c2ccc3c(c2)N(c2c(-c4ccccc4)cc(C(C)(C)C)cc2-c2ccccc2)c2cc(-c4ccc(C(C)(C)C)cc4C(C)(C)C)cc4c2B3c2ccc(-c3cc(C(C)(C)C)cc(C(C)(C)C)c3)cc2N4c2c(-c3ccccc3)cc(C(C)(C)C)cc2-c2ccccc2)cc(C(C)(C)C)c1. The maximum atomic E-state index is 2.77. The van der Waals surface area contributed by atoms with Gasteiger partial charge in [0.15, 0.2) is 0 Å². The van der Waals surface area contributed by atoms with Gasteiger partial charge in [-0.25, -0.2) is 0 Å². The average Bonchev–Trinajstić information content (AvgIpc) is 0.685. The van der Waals surface area contributed by atoms with E-state index in [1.807, 2.05) is 0 Å². The molecule has 0 atom stereocenters. The molecular weight excluding hydrogens is 1290 g/mol. The first-order chi connectivity index (χ1) is 50.1. The van der Waals surface area contributed by atoms with Crippen LogP contribution < -0.4 is 26.2 Å². The van der Waals surface area contributed by atoms with Gasteiger partial charge in [0.1, 0.15) is 0 Å². The summed E-state index contributed by atoms with van der Waals surface area (Å²) in [6.07, 6.45) is 0. The normalized spacial score (nSPS) is 13.6. The van der Waals surface area contributed by atoms with Gasteiger partial charge < -0.3 is 9.80 Å². The molecule has 0 fully saturated rings. The summed E-state index contributed by atoms with van der Waals surface area (Å²) in [5.41, 5.74) is 36.7. The van der Waals surface area contributed by atoms with Gasteiger partial charge in [0.2, 0.25) is 0 Å². The number of nitrogens with zero attached hydrogens (tertiary/aromatic N) is 2. The Kier molecular flexibility index (Phi) is 18.4. The molecule has 0 aliphatic carbocycles. The molecule has 107 heavy (non-hydrogen) atoms. The highest BCUT2D eigenvalue weighted by Gasteiger charge is 2.47. The first kappa shape index (κ1) is 74.2. The zero-order valence-corrected chi connectivity index (χ0v) is 68.6. The average molecular weight is 1400 g/mol. The fourth-order valence-corrected chi connectivity index (χ4v) is 16.2. The molecule has 12 aromatic carbocycles. The van der Waals surface area contributed by atoms with Gasteiger partial charge in [-0.2, -0.15) is 0 Å². The van der Waals surface area contributed by atoms with Crippen molar-refractivity contribution in [3.8, 4) is 77.9 Å². The number of hydrogen-bond donors (Lipinski definition) is 0. The third kappa shape index (κ3) is 14.2. The van der Waals surface area contributed by atoms with Crippen LogP contribution in [0.3, 0.4) is 0 Å². The molecule has 0 spiro atoms. The molecular formula is C104H113BN2. The van der Waals surface area contributed by atoms with Gasteiger partial charge in [-0.15, -0.1) is 0 Å². The van der Waals surface area contributed by atoms with Crippen LogP contribution in [0, 0.1) is 0 Å². The summed E-state index contributed by atoms with van der Waals surface area (Å²) in [5, 5.41) is 0. The molecule has 0 amide bonds.